The third-order valence-electron chi connectivity index (χ3n) is 13.6. The second-order valence-electron chi connectivity index (χ2n) is 21.4. The van der Waals surface area contributed by atoms with Gasteiger partial charge in [0.1, 0.15) is 56.4 Å². The predicted octanol–water partition coefficient (Wildman–Crippen LogP) is -4.53. The van der Waals surface area contributed by atoms with Crippen LogP contribution in [0.15, 0.2) is 316 Å². The van der Waals surface area contributed by atoms with Gasteiger partial charge >= 0.3 is 0 Å². The van der Waals surface area contributed by atoms with Gasteiger partial charge in [-0.25, -0.2) is 0 Å². The van der Waals surface area contributed by atoms with Crippen molar-refractivity contribution in [2.45, 2.75) is 0 Å². The molecule has 4 aromatic carbocycles. The summed E-state index contributed by atoms with van der Waals surface area (Å²) in [5.41, 5.74) is 6.64. The minimum absolute atomic E-state index is 0.303. The molecule has 0 spiro atoms. The van der Waals surface area contributed by atoms with Crippen LogP contribution in [0.2, 0.25) is 0 Å². The molecule has 0 amide bonds. The molecule has 0 aliphatic carbocycles. The van der Waals surface area contributed by atoms with Crippen molar-refractivity contribution in [2.75, 3.05) is 0 Å². The lowest BCUT2D eigenvalue weighted by Gasteiger charge is -2.26. The molecule has 0 aliphatic rings. The van der Waals surface area contributed by atoms with E-state index in [-0.39, 0.29) is 0 Å². The number of hydrogen-bond donors (Lipinski definition) is 0. The van der Waals surface area contributed by atoms with Crippen LogP contribution in [-0.4, -0.2) is 28.5 Å². The van der Waals surface area contributed by atoms with Crippen LogP contribution in [0, 0.1) is 90.6 Å². The first-order valence-corrected chi connectivity index (χ1v) is 32.2. The van der Waals surface area contributed by atoms with Gasteiger partial charge in [0.2, 0.25) is 0 Å². The van der Waals surface area contributed by atoms with Gasteiger partial charge in [-0.3, -0.25) is 0 Å². The zero-order chi connectivity index (χ0) is 80.3. The highest BCUT2D eigenvalue weighted by Gasteiger charge is 2.04. The highest BCUT2D eigenvalue weighted by Crippen LogP contribution is 1.91. The van der Waals surface area contributed by atoms with Crippen LogP contribution in [0.4, 0.5) is 0 Å². The quantitative estimate of drug-likeness (QED) is 0.118. The Balaban J connectivity index is 0.000000589. The molecule has 0 fully saturated rings. The molecule has 0 saturated heterocycles. The highest BCUT2D eigenvalue weighted by atomic mass is 16.4. The van der Waals surface area contributed by atoms with Gasteiger partial charge in [-0.15, -0.1) is 21.9 Å². The summed E-state index contributed by atoms with van der Waals surface area (Å²) in [5.74, 6) is 0. The topological polar surface area (TPSA) is 406 Å². The van der Waals surface area contributed by atoms with Gasteiger partial charge in [0.05, 0.1) is 0 Å². The minimum atomic E-state index is -1.84. The van der Waals surface area contributed by atoms with Crippen LogP contribution < -0.4 is 98.6 Å². The van der Waals surface area contributed by atoms with Gasteiger partial charge in [-0.05, 0) is 48.5 Å². The molecular weight excluding hydrogens is 1360 g/mol. The zero-order valence-corrected chi connectivity index (χ0v) is 60.8. The van der Waals surface area contributed by atoms with Crippen molar-refractivity contribution in [3.05, 3.63) is 362 Å². The van der Waals surface area contributed by atoms with E-state index in [2.05, 4.69) is 48.6 Å². The lowest BCUT2D eigenvalue weighted by atomic mass is 9.81. The normalized spacial score (nSPS) is 8.67. The summed E-state index contributed by atoms with van der Waals surface area (Å²) in [5, 5.41) is 149. The number of pyridine rings is 8. The van der Waals surface area contributed by atoms with Gasteiger partial charge < -0.3 is 40.2 Å². The van der Waals surface area contributed by atoms with Gasteiger partial charge in [0.15, 0.2) is 98.1 Å². The van der Waals surface area contributed by atoms with E-state index in [0.29, 0.717) is 67.4 Å². The average Bonchev–Trinajstić information content (AvgIpc) is 0.934. The Labute approximate surface area is 632 Å². The zero-order valence-electron chi connectivity index (χ0n) is 60.8. The summed E-state index contributed by atoms with van der Waals surface area (Å²) in [6.07, 6.45) is 14.8. The first-order chi connectivity index (χ1) is 52.0. The van der Waals surface area contributed by atoms with Crippen molar-refractivity contribution in [1.29, 1.82) is 42.1 Å². The maximum absolute atomic E-state index is 10.2. The fourth-order valence-electron chi connectivity index (χ4n) is 7.56. The molecule has 0 atom stereocenters. The predicted molar refractivity (Wildman–Crippen MR) is 386 cm³/mol. The molecule has 28 heteroatoms. The largest absolute Gasteiger partial charge is 0.889 e. The molecule has 108 heavy (non-hydrogen) atoms. The van der Waals surface area contributed by atoms with Crippen molar-refractivity contribution < 1.29 is 76.7 Å². The maximum Gasteiger partial charge on any atom is 0.283 e. The first kappa shape index (κ1) is 92.0. The van der Waals surface area contributed by atoms with E-state index in [0.717, 1.165) is 0 Å². The number of aromatic nitrogens is 8. The molecule has 0 unspecified atom stereocenters. The van der Waals surface area contributed by atoms with Crippen LogP contribution in [0.1, 0.15) is 45.6 Å². The fraction of sp³-hybridized carbons (Fsp3) is 0.100. The molecule has 0 bridgehead atoms. The van der Waals surface area contributed by atoms with E-state index in [9.17, 15) is 40.2 Å². The summed E-state index contributed by atoms with van der Waals surface area (Å²) >= 11 is 0. The summed E-state index contributed by atoms with van der Waals surface area (Å²) in [7, 11) is 7.40. The maximum atomic E-state index is 10.2. The Kier molecular flexibility index (Phi) is 48.1. The highest BCUT2D eigenvalue weighted by molar-refractivity contribution is 6.56. The second kappa shape index (κ2) is 56.5. The van der Waals surface area contributed by atoms with E-state index in [4.69, 9.17) is 42.1 Å². The van der Waals surface area contributed by atoms with Gasteiger partial charge in [0, 0.05) is 97.1 Å². The number of aryl methyl sites for hydroxylation is 8. The fourth-order valence-corrected chi connectivity index (χ4v) is 7.56. The molecule has 24 nitrogen and oxygen atoms in total. The number of hydrogen-bond acceptors (Lipinski definition) is 16. The van der Waals surface area contributed by atoms with E-state index < -0.39 is 28.5 Å². The number of nitrogens with zero attached hydrogens (tertiary/aromatic N) is 16. The van der Waals surface area contributed by atoms with Crippen molar-refractivity contribution in [3.63, 3.8) is 0 Å². The number of benzene rings is 4. The third kappa shape index (κ3) is 40.0. The summed E-state index contributed by atoms with van der Waals surface area (Å²) in [6.45, 7) is 0. The molecule has 0 N–H and O–H groups in total. The molecule has 0 radical (unpaired) electrons. The molecule has 12 aromatic rings. The molecule has 536 valence electrons. The Bertz CT molecular complexity index is 4070. The summed E-state index contributed by atoms with van der Waals surface area (Å²) in [6, 6.07) is 93.3. The summed E-state index contributed by atoms with van der Waals surface area (Å²) in [4.78, 5) is 0. The van der Waals surface area contributed by atoms with E-state index in [1.165, 1.54) is 48.5 Å². The Hall–Kier alpha value is -14.1. The van der Waals surface area contributed by atoms with Crippen LogP contribution in [0.3, 0.4) is 0 Å². The van der Waals surface area contributed by atoms with Crippen molar-refractivity contribution in [1.82, 2.24) is 0 Å². The number of nitriles is 8. The van der Waals surface area contributed by atoms with Crippen molar-refractivity contribution >= 4 is 50.3 Å². The molecule has 8 aromatic heterocycles. The van der Waals surface area contributed by atoms with Gasteiger partial charge in [-0.1, -0.05) is 150 Å². The monoisotopic (exact) mass is 1430 g/mol. The molecule has 0 saturated carbocycles. The molecule has 12 rings (SSSR count). The number of rotatable bonds is 4. The Morgan fingerprint density at radius 2 is 0.278 bits per heavy atom. The van der Waals surface area contributed by atoms with E-state index in [1.807, 2.05) is 203 Å². The van der Waals surface area contributed by atoms with Crippen molar-refractivity contribution in [3.8, 4) is 48.6 Å². The lowest BCUT2D eigenvalue weighted by molar-refractivity contribution is -0.674. The van der Waals surface area contributed by atoms with E-state index in [1.54, 1.807) is 158 Å². The Morgan fingerprint density at radius 1 is 0.176 bits per heavy atom. The van der Waals surface area contributed by atoms with Gasteiger partial charge in [0.25, 0.3) is 45.6 Å². The minimum Gasteiger partial charge on any atom is -0.889 e. The van der Waals surface area contributed by atoms with E-state index >= 15 is 0 Å². The third-order valence-corrected chi connectivity index (χ3v) is 13.6. The van der Waals surface area contributed by atoms with Crippen LogP contribution in [-0.2, 0) is 56.4 Å². The Morgan fingerprint density at radius 3 is 0.343 bits per heavy atom. The lowest BCUT2D eigenvalue weighted by Crippen LogP contribution is -2.55. The average molecular weight is 1430 g/mol. The van der Waals surface area contributed by atoms with Crippen LogP contribution in [0.25, 0.3) is 0 Å². The first-order valence-electron chi connectivity index (χ1n) is 32.2. The van der Waals surface area contributed by atoms with Gasteiger partial charge in [-0.2, -0.15) is 78.6 Å². The molecule has 0 aliphatic heterocycles. The second-order valence-corrected chi connectivity index (χ2v) is 21.4. The molecular formula is C80H76B4N16O8. The standard InChI is InChI=1S/8C7H7N2.4C6H5BO2/c8*1-9-5-3-2-4-7(9)6-8;4*8-7(9)6-4-2-1-3-5-6/h8*2-5H,1H3;4*1-5H/q8*+1;4*-2. The van der Waals surface area contributed by atoms with Crippen LogP contribution in [0.5, 0.6) is 0 Å². The molecule has 8 heterocycles. The SMILES string of the molecule is C[n+]1ccccc1C#N.C[n+]1ccccc1C#N.C[n+]1ccccc1C#N.C[n+]1ccccc1C#N.C[n+]1ccccc1C#N.C[n+]1ccccc1C#N.C[n+]1ccccc1C#N.C[n+]1ccccc1C#N.[O-]B([O-])c1ccccc1.[O-]B([O-])c1ccccc1.[O-]B([O-])c1ccccc1.[O-]B([O-])c1ccccc1. The smallest absolute Gasteiger partial charge is 0.283 e. The van der Waals surface area contributed by atoms with Crippen LogP contribution >= 0.6 is 0 Å². The van der Waals surface area contributed by atoms with Crippen molar-refractivity contribution in [2.24, 2.45) is 56.4 Å². The summed E-state index contributed by atoms with van der Waals surface area (Å²) < 4.78 is 14.2.